The third kappa shape index (κ3) is 3.77. The quantitative estimate of drug-likeness (QED) is 0.564. The van der Waals surface area contributed by atoms with E-state index in [0.29, 0.717) is 0 Å². The van der Waals surface area contributed by atoms with Crippen molar-refractivity contribution < 1.29 is 26.5 Å². The Morgan fingerprint density at radius 3 is 2.00 bits per heavy atom. The number of benzene rings is 1. The summed E-state index contributed by atoms with van der Waals surface area (Å²) in [5, 5.41) is 0. The molecule has 1 nitrogen and oxygen atoms in total. The third-order valence-corrected chi connectivity index (χ3v) is 1.63. The first kappa shape index (κ1) is 11.8. The minimum Gasteiger partial charge on any atom is -0.488 e. The van der Waals surface area contributed by atoms with Gasteiger partial charge in [0.05, 0.1) is 0 Å². The Kier molecular flexibility index (Phi) is 3.54. The molecule has 0 radical (unpaired) electrons. The van der Waals surface area contributed by atoms with Gasteiger partial charge in [0.1, 0.15) is 12.4 Å². The van der Waals surface area contributed by atoms with Gasteiger partial charge in [-0.25, -0.2) is 8.78 Å². The summed E-state index contributed by atoms with van der Waals surface area (Å²) in [6.45, 7) is -5.87. The summed E-state index contributed by atoms with van der Waals surface area (Å²) in [7, 11) is 0. The molecule has 0 unspecified atom stereocenters. The van der Waals surface area contributed by atoms with Crippen LogP contribution in [0.3, 0.4) is 0 Å². The van der Waals surface area contributed by atoms with Crippen LogP contribution in [0.15, 0.2) is 24.3 Å². The molecule has 1 rings (SSSR count). The lowest BCUT2D eigenvalue weighted by atomic mass is 9.80. The van der Waals surface area contributed by atoms with Crippen LogP contribution < -0.4 is 10.2 Å². The van der Waals surface area contributed by atoms with Gasteiger partial charge in [0.25, 0.3) is 6.43 Å². The number of hydrogen-bond acceptors (Lipinski definition) is 1. The fraction of sp³-hybridized carbons (Fsp3) is 0.250. The van der Waals surface area contributed by atoms with Gasteiger partial charge < -0.3 is 17.7 Å². The lowest BCUT2D eigenvalue weighted by molar-refractivity contribution is 0.0819. The first-order valence-electron chi connectivity index (χ1n) is 4.10. The lowest BCUT2D eigenvalue weighted by Gasteiger charge is -2.15. The maximum Gasteiger partial charge on any atom is 0.509 e. The highest BCUT2D eigenvalue weighted by atomic mass is 19.4. The molecule has 1 aromatic carbocycles. The average molecular weight is 225 g/mol. The van der Waals surface area contributed by atoms with Crippen LogP contribution in [-0.4, -0.2) is 20.0 Å². The van der Waals surface area contributed by atoms with Gasteiger partial charge >= 0.3 is 6.98 Å². The Hall–Kier alpha value is -1.27. The molecule has 15 heavy (non-hydrogen) atoms. The fourth-order valence-corrected chi connectivity index (χ4v) is 0.941. The molecule has 0 saturated carbocycles. The molecule has 0 aliphatic carbocycles. The van der Waals surface area contributed by atoms with E-state index in [9.17, 15) is 21.7 Å². The van der Waals surface area contributed by atoms with Crippen LogP contribution in [-0.2, 0) is 0 Å². The number of alkyl halides is 2. The van der Waals surface area contributed by atoms with Gasteiger partial charge in [0, 0.05) is 0 Å². The summed E-state index contributed by atoms with van der Waals surface area (Å²) in [6, 6.07) is 3.65. The van der Waals surface area contributed by atoms with Crippen LogP contribution in [0.4, 0.5) is 21.7 Å². The summed E-state index contributed by atoms with van der Waals surface area (Å²) >= 11 is 0. The minimum atomic E-state index is -5.05. The topological polar surface area (TPSA) is 9.23 Å². The van der Waals surface area contributed by atoms with E-state index in [-0.39, 0.29) is 5.75 Å². The molecule has 0 bridgehead atoms. The summed E-state index contributed by atoms with van der Waals surface area (Å²) in [6.07, 6.45) is -2.64. The zero-order chi connectivity index (χ0) is 11.5. The molecule has 0 heterocycles. The van der Waals surface area contributed by atoms with Crippen molar-refractivity contribution in [3.05, 3.63) is 24.3 Å². The van der Waals surface area contributed by atoms with E-state index in [1.807, 2.05) is 0 Å². The van der Waals surface area contributed by atoms with Gasteiger partial charge in [-0.3, -0.25) is 0 Å². The van der Waals surface area contributed by atoms with E-state index in [1.165, 1.54) is 0 Å². The van der Waals surface area contributed by atoms with Crippen LogP contribution >= 0.6 is 0 Å². The number of halogens is 5. The molecular formula is C8H7BF5O-. The van der Waals surface area contributed by atoms with Gasteiger partial charge in [0.15, 0.2) is 0 Å². The van der Waals surface area contributed by atoms with Gasteiger partial charge in [-0.2, -0.15) is 0 Å². The summed E-state index contributed by atoms with van der Waals surface area (Å²) in [5.41, 5.74) is -0.778. The van der Waals surface area contributed by atoms with Crippen molar-refractivity contribution in [1.29, 1.82) is 0 Å². The second-order valence-electron chi connectivity index (χ2n) is 2.85. The number of hydrogen-bond donors (Lipinski definition) is 0. The van der Waals surface area contributed by atoms with Gasteiger partial charge in [-0.15, -0.1) is 5.46 Å². The van der Waals surface area contributed by atoms with Gasteiger partial charge in [-0.05, 0) is 12.1 Å². The minimum absolute atomic E-state index is 0.000833. The highest BCUT2D eigenvalue weighted by Crippen LogP contribution is 2.14. The first-order valence-corrected chi connectivity index (χ1v) is 4.10. The summed E-state index contributed by atoms with van der Waals surface area (Å²) in [4.78, 5) is 0. The normalized spacial score (nSPS) is 11.9. The monoisotopic (exact) mass is 225 g/mol. The smallest absolute Gasteiger partial charge is 0.488 e. The molecule has 0 spiro atoms. The molecule has 0 fully saturated rings. The zero-order valence-electron chi connectivity index (χ0n) is 7.47. The first-order chi connectivity index (χ1) is 6.89. The highest BCUT2D eigenvalue weighted by molar-refractivity contribution is 6.73. The van der Waals surface area contributed by atoms with E-state index < -0.39 is 25.5 Å². The Morgan fingerprint density at radius 1 is 1.07 bits per heavy atom. The molecule has 0 aromatic heterocycles. The van der Waals surface area contributed by atoms with Gasteiger partial charge in [-0.1, -0.05) is 12.1 Å². The maximum absolute atomic E-state index is 12.1. The number of rotatable bonds is 4. The second-order valence-corrected chi connectivity index (χ2v) is 2.85. The zero-order valence-corrected chi connectivity index (χ0v) is 7.47. The predicted molar refractivity (Wildman–Crippen MR) is 46.7 cm³/mol. The molecular weight excluding hydrogens is 218 g/mol. The molecule has 0 saturated heterocycles. The van der Waals surface area contributed by atoms with Crippen molar-refractivity contribution in [2.45, 2.75) is 6.43 Å². The lowest BCUT2D eigenvalue weighted by Crippen LogP contribution is -2.33. The standard InChI is InChI=1S/C8H7BF5O/c10-8(11)5-15-7-3-1-6(2-4-7)9(12,13)14/h1-4,8H,5H2/q-1. The Labute approximate surface area is 82.9 Å². The molecule has 84 valence electrons. The van der Waals surface area contributed by atoms with E-state index in [4.69, 9.17) is 0 Å². The van der Waals surface area contributed by atoms with Gasteiger partial charge in [0.2, 0.25) is 0 Å². The molecule has 1 aromatic rings. The van der Waals surface area contributed by atoms with E-state index >= 15 is 0 Å². The Morgan fingerprint density at radius 2 is 1.60 bits per heavy atom. The van der Waals surface area contributed by atoms with Crippen LogP contribution in [0, 0.1) is 0 Å². The van der Waals surface area contributed by atoms with Crippen LogP contribution in [0.1, 0.15) is 0 Å². The van der Waals surface area contributed by atoms with Crippen molar-refractivity contribution in [1.82, 2.24) is 0 Å². The number of ether oxygens (including phenoxy) is 1. The fourth-order valence-electron chi connectivity index (χ4n) is 0.941. The summed E-state index contributed by atoms with van der Waals surface area (Å²) < 4.78 is 64.3. The van der Waals surface area contributed by atoms with E-state index in [2.05, 4.69) is 4.74 Å². The van der Waals surface area contributed by atoms with Crippen LogP contribution in [0.2, 0.25) is 0 Å². The Bertz CT molecular complexity index is 308. The van der Waals surface area contributed by atoms with Crippen molar-refractivity contribution in [2.24, 2.45) is 0 Å². The van der Waals surface area contributed by atoms with E-state index in [0.717, 1.165) is 24.3 Å². The third-order valence-electron chi connectivity index (χ3n) is 1.63. The van der Waals surface area contributed by atoms with Crippen molar-refractivity contribution in [3.63, 3.8) is 0 Å². The highest BCUT2D eigenvalue weighted by Gasteiger charge is 2.24. The predicted octanol–water partition coefficient (Wildman–Crippen LogP) is 2.38. The van der Waals surface area contributed by atoms with Crippen molar-refractivity contribution in [3.8, 4) is 5.75 Å². The van der Waals surface area contributed by atoms with Crippen LogP contribution in [0.5, 0.6) is 5.75 Å². The molecule has 0 atom stereocenters. The summed E-state index contributed by atoms with van der Waals surface area (Å²) in [5.74, 6) is -0.000833. The largest absolute Gasteiger partial charge is 0.509 e. The Balaban J connectivity index is 2.65. The maximum atomic E-state index is 12.1. The second kappa shape index (κ2) is 4.50. The molecule has 0 aliphatic heterocycles. The molecule has 0 aliphatic rings. The van der Waals surface area contributed by atoms with Crippen molar-refractivity contribution in [2.75, 3.05) is 6.61 Å². The van der Waals surface area contributed by atoms with Crippen molar-refractivity contribution >= 4 is 12.4 Å². The SMILES string of the molecule is FC(F)COc1ccc([B-](F)(F)F)cc1. The molecule has 0 amide bonds. The van der Waals surface area contributed by atoms with Crippen LogP contribution in [0.25, 0.3) is 0 Å². The van der Waals surface area contributed by atoms with E-state index in [1.54, 1.807) is 0 Å². The molecule has 7 heteroatoms. The average Bonchev–Trinajstić information content (AvgIpc) is 2.14. The molecule has 0 N–H and O–H groups in total.